The molecule has 13 nitrogen and oxygen atoms in total. The van der Waals surface area contributed by atoms with E-state index in [2.05, 4.69) is 4.98 Å². The lowest BCUT2D eigenvalue weighted by atomic mass is 10.1. The molecule has 35 heavy (non-hydrogen) atoms. The summed E-state index contributed by atoms with van der Waals surface area (Å²) in [5.74, 6) is -4.96. The lowest BCUT2D eigenvalue weighted by molar-refractivity contribution is -0.211. The molecule has 0 unspecified atom stereocenters. The summed E-state index contributed by atoms with van der Waals surface area (Å²) in [5, 5.41) is 0. The van der Waals surface area contributed by atoms with Crippen LogP contribution in [-0.2, 0) is 35.2 Å². The number of rotatable bonds is 7. The smallest absolute Gasteiger partial charge is 0.456 e. The lowest BCUT2D eigenvalue weighted by Crippen LogP contribution is -2.43. The molecule has 0 radical (unpaired) electrons. The number of halogens is 1. The summed E-state index contributed by atoms with van der Waals surface area (Å²) in [4.78, 5) is 64.6. The summed E-state index contributed by atoms with van der Waals surface area (Å²) < 4.78 is 42.3. The molecule has 186 valence electrons. The molecule has 2 saturated heterocycles. The average Bonchev–Trinajstić information content (AvgIpc) is 3.34. The Morgan fingerprint density at radius 1 is 1.20 bits per heavy atom. The van der Waals surface area contributed by atoms with E-state index in [1.807, 2.05) is 0 Å². The third-order valence-electron chi connectivity index (χ3n) is 5.25. The number of alkyl halides is 1. The number of esters is 2. The van der Waals surface area contributed by atoms with Crippen LogP contribution in [0.25, 0.3) is 0 Å². The molecule has 0 saturated carbocycles. The van der Waals surface area contributed by atoms with Crippen LogP contribution >= 0.6 is 0 Å². The van der Waals surface area contributed by atoms with Crippen molar-refractivity contribution in [3.8, 4) is 0 Å². The average molecular weight is 493 g/mol. The first-order valence-electron chi connectivity index (χ1n) is 10.4. The first kappa shape index (κ1) is 24.1. The van der Waals surface area contributed by atoms with Crippen molar-refractivity contribution in [3.63, 3.8) is 0 Å². The highest BCUT2D eigenvalue weighted by Crippen LogP contribution is 2.44. The zero-order valence-electron chi connectivity index (χ0n) is 18.5. The van der Waals surface area contributed by atoms with Gasteiger partial charge in [0.15, 0.2) is 25.7 Å². The van der Waals surface area contributed by atoms with E-state index in [9.17, 15) is 24.0 Å². The molecule has 4 rings (SSSR count). The van der Waals surface area contributed by atoms with Crippen molar-refractivity contribution < 1.29 is 42.5 Å². The molecule has 0 N–H and O–H groups in total. The fourth-order valence-electron chi connectivity index (χ4n) is 3.45. The highest BCUT2D eigenvalue weighted by atomic mass is 19.2. The standard InChI is InChI=1S/C21H20FN3O10/c1-11(2)17(27)32-10-25-13(26)5-7-24(19(25)29)16-14-15(34-20(30)33-14)21(22,35-16)9-31-18(28)12-4-3-6-23-8-12/h3-8,11,14-16H,9-10H2,1-2H3/t14-,15+,16-,21-/m1/s1. The molecule has 14 heteroatoms. The van der Waals surface area contributed by atoms with Gasteiger partial charge >= 0.3 is 23.8 Å². The number of ether oxygens (including phenoxy) is 5. The summed E-state index contributed by atoms with van der Waals surface area (Å²) in [6, 6.07) is 3.84. The first-order chi connectivity index (χ1) is 16.6. The zero-order valence-corrected chi connectivity index (χ0v) is 18.5. The number of pyridine rings is 1. The molecule has 4 atom stereocenters. The van der Waals surface area contributed by atoms with E-state index >= 15 is 4.39 Å². The predicted molar refractivity (Wildman–Crippen MR) is 110 cm³/mol. The van der Waals surface area contributed by atoms with Crippen molar-refractivity contribution in [1.29, 1.82) is 0 Å². The maximum absolute atomic E-state index is 15.8. The van der Waals surface area contributed by atoms with Crippen molar-refractivity contribution in [2.45, 2.75) is 44.9 Å². The Balaban J connectivity index is 1.58. The van der Waals surface area contributed by atoms with Crippen LogP contribution in [0.3, 0.4) is 0 Å². The number of carbonyl (C=O) groups excluding carboxylic acids is 3. The predicted octanol–water partition coefficient (Wildman–Crippen LogP) is 0.517. The minimum Gasteiger partial charge on any atom is -0.456 e. The van der Waals surface area contributed by atoms with Crippen molar-refractivity contribution in [1.82, 2.24) is 14.1 Å². The highest BCUT2D eigenvalue weighted by Gasteiger charge is 2.65. The van der Waals surface area contributed by atoms with E-state index in [-0.39, 0.29) is 5.56 Å². The quantitative estimate of drug-likeness (QED) is 0.392. The van der Waals surface area contributed by atoms with Crippen LogP contribution in [-0.4, -0.2) is 56.9 Å². The molecular weight excluding hydrogens is 473 g/mol. The van der Waals surface area contributed by atoms with Crippen molar-refractivity contribution in [2.75, 3.05) is 6.61 Å². The number of fused-ring (bicyclic) bond motifs is 1. The Morgan fingerprint density at radius 2 is 1.97 bits per heavy atom. The second-order valence-corrected chi connectivity index (χ2v) is 8.00. The molecule has 0 bridgehead atoms. The Hall–Kier alpha value is -4.07. The van der Waals surface area contributed by atoms with Gasteiger partial charge in [-0.05, 0) is 12.1 Å². The fourth-order valence-corrected chi connectivity index (χ4v) is 3.45. The third kappa shape index (κ3) is 4.64. The van der Waals surface area contributed by atoms with E-state index in [1.165, 1.54) is 24.5 Å². The minimum atomic E-state index is -2.89. The summed E-state index contributed by atoms with van der Waals surface area (Å²) in [6.07, 6.45) is -2.30. The summed E-state index contributed by atoms with van der Waals surface area (Å²) in [6.45, 7) is 1.43. The Labute approximate surface area is 195 Å². The van der Waals surface area contributed by atoms with Crippen molar-refractivity contribution >= 4 is 18.1 Å². The lowest BCUT2D eigenvalue weighted by Gasteiger charge is -2.23. The molecular formula is C21H20FN3O10. The fraction of sp³-hybridized carbons (Fsp3) is 0.429. The normalized spacial score (nSPS) is 25.0. The third-order valence-corrected chi connectivity index (χ3v) is 5.25. The molecule has 4 heterocycles. The van der Waals surface area contributed by atoms with Gasteiger partial charge in [-0.2, -0.15) is 0 Å². The number of nitrogens with zero attached hydrogens (tertiary/aromatic N) is 3. The van der Waals surface area contributed by atoms with E-state index in [0.29, 0.717) is 4.57 Å². The molecule has 0 aliphatic carbocycles. The van der Waals surface area contributed by atoms with E-state index in [1.54, 1.807) is 13.8 Å². The molecule has 2 aromatic heterocycles. The van der Waals surface area contributed by atoms with Crippen LogP contribution in [0.1, 0.15) is 30.4 Å². The van der Waals surface area contributed by atoms with Gasteiger partial charge in [-0.3, -0.25) is 19.1 Å². The SMILES string of the molecule is CC(C)C(=O)OCn1c(=O)ccn([C@@H]2O[C@](F)(COC(=O)c3cccnc3)[C@H]3OC(=O)O[C@@H]23)c1=O. The number of hydrogen-bond donors (Lipinski definition) is 0. The number of aromatic nitrogens is 3. The molecule has 2 fully saturated rings. The topological polar surface area (TPSA) is 154 Å². The monoisotopic (exact) mass is 493 g/mol. The van der Waals surface area contributed by atoms with Gasteiger partial charge in [-0.1, -0.05) is 13.8 Å². The summed E-state index contributed by atoms with van der Waals surface area (Å²) in [5.41, 5.74) is -1.78. The van der Waals surface area contributed by atoms with Crippen molar-refractivity contribution in [2.24, 2.45) is 5.92 Å². The van der Waals surface area contributed by atoms with Crippen LogP contribution in [0, 0.1) is 5.92 Å². The highest BCUT2D eigenvalue weighted by molar-refractivity contribution is 5.88. The Bertz CT molecular complexity index is 1260. The first-order valence-corrected chi connectivity index (χ1v) is 10.4. The van der Waals surface area contributed by atoms with Gasteiger partial charge in [0.1, 0.15) is 0 Å². The summed E-state index contributed by atoms with van der Waals surface area (Å²) >= 11 is 0. The van der Waals surface area contributed by atoms with Crippen LogP contribution in [0.2, 0.25) is 0 Å². The molecule has 0 aromatic carbocycles. The molecule has 0 spiro atoms. The largest absolute Gasteiger partial charge is 0.509 e. The van der Waals surface area contributed by atoms with Gasteiger partial charge in [-0.25, -0.2) is 23.3 Å². The second kappa shape index (κ2) is 9.29. The van der Waals surface area contributed by atoms with Gasteiger partial charge in [-0.15, -0.1) is 0 Å². The second-order valence-electron chi connectivity index (χ2n) is 8.00. The molecule has 2 aliphatic heterocycles. The summed E-state index contributed by atoms with van der Waals surface area (Å²) in [7, 11) is 0. The van der Waals surface area contributed by atoms with Gasteiger partial charge in [0.2, 0.25) is 6.10 Å². The van der Waals surface area contributed by atoms with Crippen LogP contribution in [0.4, 0.5) is 9.18 Å². The Kier molecular flexibility index (Phi) is 6.39. The molecule has 2 aromatic rings. The van der Waals surface area contributed by atoms with Crippen LogP contribution in [0.5, 0.6) is 0 Å². The number of hydrogen-bond acceptors (Lipinski definition) is 11. The molecule has 0 amide bonds. The molecule has 2 aliphatic rings. The zero-order chi connectivity index (χ0) is 25.3. The minimum absolute atomic E-state index is 0.0427. The van der Waals surface area contributed by atoms with Gasteiger partial charge in [0.05, 0.1) is 11.5 Å². The maximum Gasteiger partial charge on any atom is 0.509 e. The van der Waals surface area contributed by atoms with E-state index in [4.69, 9.17) is 23.7 Å². The van der Waals surface area contributed by atoms with Gasteiger partial charge < -0.3 is 23.7 Å². The van der Waals surface area contributed by atoms with Gasteiger partial charge in [0, 0.05) is 24.7 Å². The maximum atomic E-state index is 15.8. The van der Waals surface area contributed by atoms with Crippen LogP contribution < -0.4 is 11.2 Å². The van der Waals surface area contributed by atoms with E-state index in [0.717, 1.165) is 16.8 Å². The van der Waals surface area contributed by atoms with Crippen molar-refractivity contribution in [3.05, 3.63) is 63.2 Å². The van der Waals surface area contributed by atoms with Crippen LogP contribution in [0.15, 0.2) is 46.4 Å². The van der Waals surface area contributed by atoms with E-state index < -0.39 is 72.9 Å². The number of carbonyl (C=O) groups is 3. The Morgan fingerprint density at radius 3 is 2.66 bits per heavy atom. The van der Waals surface area contributed by atoms with Gasteiger partial charge in [0.25, 0.3) is 11.4 Å².